The van der Waals surface area contributed by atoms with E-state index in [1.165, 1.54) is 218 Å². The molecular weight excluding hydrogens is 877 g/mol. The van der Waals surface area contributed by atoms with Crippen LogP contribution in [-0.2, 0) is 28.6 Å². The van der Waals surface area contributed by atoms with Crippen LogP contribution in [0.3, 0.4) is 0 Å². The molecular formula is C65H118O6. The lowest BCUT2D eigenvalue weighted by Gasteiger charge is -2.18. The van der Waals surface area contributed by atoms with Gasteiger partial charge in [0.1, 0.15) is 13.2 Å². The van der Waals surface area contributed by atoms with Crippen molar-refractivity contribution in [3.05, 3.63) is 48.6 Å². The molecule has 0 heterocycles. The van der Waals surface area contributed by atoms with Crippen molar-refractivity contribution in [3.63, 3.8) is 0 Å². The van der Waals surface area contributed by atoms with Gasteiger partial charge in [0.05, 0.1) is 0 Å². The summed E-state index contributed by atoms with van der Waals surface area (Å²) >= 11 is 0. The molecule has 0 saturated carbocycles. The normalized spacial score (nSPS) is 12.3. The zero-order valence-electron chi connectivity index (χ0n) is 47.5. The number of hydrogen-bond acceptors (Lipinski definition) is 6. The Morgan fingerprint density at radius 2 is 0.521 bits per heavy atom. The molecule has 0 fully saturated rings. The molecule has 0 bridgehead atoms. The highest BCUT2D eigenvalue weighted by molar-refractivity contribution is 5.71. The fourth-order valence-corrected chi connectivity index (χ4v) is 9.04. The van der Waals surface area contributed by atoms with Crippen molar-refractivity contribution < 1.29 is 28.6 Å². The van der Waals surface area contributed by atoms with Gasteiger partial charge in [0.2, 0.25) is 0 Å². The van der Waals surface area contributed by atoms with Gasteiger partial charge < -0.3 is 14.2 Å². The molecule has 0 radical (unpaired) electrons. The van der Waals surface area contributed by atoms with Gasteiger partial charge in [0.15, 0.2) is 6.10 Å². The van der Waals surface area contributed by atoms with Crippen LogP contribution in [0.25, 0.3) is 0 Å². The standard InChI is InChI=1S/C65H118O6/c1-4-7-10-13-16-19-22-24-26-28-30-32-34-36-38-40-43-46-49-52-55-58-64(67)70-61-62(60-69-63(66)57-54-51-48-45-42-21-18-15-12-9-6-3)71-65(68)59-56-53-50-47-44-41-39-37-35-33-31-29-27-25-23-20-17-14-11-8-5-2/h15,18,22,24,28-31,62H,4-14,16-17,19-21,23,25-27,32-61H2,1-3H3/b18-15-,24-22-,30-28-,31-29-. The fourth-order valence-electron chi connectivity index (χ4n) is 9.04. The SMILES string of the molecule is CCCC/C=C\CCCCCCCC(=O)OCC(COC(=O)CCCCCCCCCCC/C=C\C/C=C\CCCCCCC)OC(=O)CCCCCCCCCCC/C=C\CCCCCCCCCC. The predicted molar refractivity (Wildman–Crippen MR) is 307 cm³/mol. The Bertz CT molecular complexity index is 1230. The van der Waals surface area contributed by atoms with E-state index in [0.29, 0.717) is 19.3 Å². The summed E-state index contributed by atoms with van der Waals surface area (Å²) in [6.45, 7) is 6.62. The Balaban J connectivity index is 4.28. The van der Waals surface area contributed by atoms with Crippen LogP contribution in [0.5, 0.6) is 0 Å². The molecule has 0 saturated heterocycles. The smallest absolute Gasteiger partial charge is 0.306 e. The molecule has 1 unspecified atom stereocenters. The Hall–Kier alpha value is -2.63. The van der Waals surface area contributed by atoms with Gasteiger partial charge in [-0.2, -0.15) is 0 Å². The molecule has 0 aromatic rings. The van der Waals surface area contributed by atoms with Crippen LogP contribution in [0.4, 0.5) is 0 Å². The zero-order chi connectivity index (χ0) is 51.4. The number of allylic oxidation sites excluding steroid dienone is 8. The van der Waals surface area contributed by atoms with Gasteiger partial charge in [0.25, 0.3) is 0 Å². The zero-order valence-corrected chi connectivity index (χ0v) is 47.5. The van der Waals surface area contributed by atoms with Gasteiger partial charge in [-0.15, -0.1) is 0 Å². The van der Waals surface area contributed by atoms with E-state index in [0.717, 1.165) is 70.6 Å². The summed E-state index contributed by atoms with van der Waals surface area (Å²) < 4.78 is 16.9. The quantitative estimate of drug-likeness (QED) is 0.0261. The first-order valence-electron chi connectivity index (χ1n) is 31.1. The van der Waals surface area contributed by atoms with Gasteiger partial charge in [-0.3, -0.25) is 14.4 Å². The molecule has 414 valence electrons. The molecule has 0 aliphatic heterocycles. The molecule has 1 atom stereocenters. The van der Waals surface area contributed by atoms with E-state index in [1.807, 2.05) is 0 Å². The van der Waals surface area contributed by atoms with E-state index in [9.17, 15) is 14.4 Å². The maximum absolute atomic E-state index is 12.9. The van der Waals surface area contributed by atoms with Gasteiger partial charge >= 0.3 is 17.9 Å². The molecule has 0 spiro atoms. The number of carbonyl (C=O) groups excluding carboxylic acids is 3. The maximum atomic E-state index is 12.9. The van der Waals surface area contributed by atoms with E-state index in [-0.39, 0.29) is 31.1 Å². The van der Waals surface area contributed by atoms with E-state index in [1.54, 1.807) is 0 Å². The van der Waals surface area contributed by atoms with Gasteiger partial charge in [0, 0.05) is 19.3 Å². The first kappa shape index (κ1) is 68.4. The van der Waals surface area contributed by atoms with Gasteiger partial charge in [-0.25, -0.2) is 0 Å². The Morgan fingerprint density at radius 3 is 0.831 bits per heavy atom. The number of esters is 3. The maximum Gasteiger partial charge on any atom is 0.306 e. The van der Waals surface area contributed by atoms with Crippen LogP contribution in [0, 0.1) is 0 Å². The van der Waals surface area contributed by atoms with Crippen LogP contribution in [-0.4, -0.2) is 37.2 Å². The Morgan fingerprint density at radius 1 is 0.282 bits per heavy atom. The molecule has 0 rings (SSSR count). The van der Waals surface area contributed by atoms with Crippen molar-refractivity contribution in [3.8, 4) is 0 Å². The fraction of sp³-hybridized carbons (Fsp3) is 0.831. The molecule has 6 nitrogen and oxygen atoms in total. The average Bonchev–Trinajstić information content (AvgIpc) is 3.37. The molecule has 0 aromatic carbocycles. The van der Waals surface area contributed by atoms with Crippen molar-refractivity contribution >= 4 is 17.9 Å². The summed E-state index contributed by atoms with van der Waals surface area (Å²) in [7, 11) is 0. The summed E-state index contributed by atoms with van der Waals surface area (Å²) in [6.07, 6.45) is 74.0. The van der Waals surface area contributed by atoms with Gasteiger partial charge in [-0.1, -0.05) is 262 Å². The summed E-state index contributed by atoms with van der Waals surface area (Å²) in [4.78, 5) is 38.2. The molecule has 0 aromatic heterocycles. The third-order valence-electron chi connectivity index (χ3n) is 13.8. The number of ether oxygens (including phenoxy) is 3. The summed E-state index contributed by atoms with van der Waals surface area (Å²) in [5.41, 5.74) is 0. The van der Waals surface area contributed by atoms with Crippen molar-refractivity contribution in [2.75, 3.05) is 13.2 Å². The molecule has 0 aliphatic rings. The van der Waals surface area contributed by atoms with Crippen LogP contribution in [0.2, 0.25) is 0 Å². The second-order valence-electron chi connectivity index (χ2n) is 21.0. The first-order valence-corrected chi connectivity index (χ1v) is 31.1. The number of unbranched alkanes of at least 4 members (excludes halogenated alkanes) is 38. The third-order valence-corrected chi connectivity index (χ3v) is 13.8. The lowest BCUT2D eigenvalue weighted by molar-refractivity contribution is -0.167. The second kappa shape index (κ2) is 59.9. The highest BCUT2D eigenvalue weighted by Crippen LogP contribution is 2.16. The largest absolute Gasteiger partial charge is 0.462 e. The minimum absolute atomic E-state index is 0.0770. The highest BCUT2D eigenvalue weighted by atomic mass is 16.6. The van der Waals surface area contributed by atoms with Crippen molar-refractivity contribution in [1.29, 1.82) is 0 Å². The van der Waals surface area contributed by atoms with Crippen molar-refractivity contribution in [1.82, 2.24) is 0 Å². The topological polar surface area (TPSA) is 78.9 Å². The van der Waals surface area contributed by atoms with E-state index in [4.69, 9.17) is 14.2 Å². The van der Waals surface area contributed by atoms with Crippen LogP contribution >= 0.6 is 0 Å². The number of rotatable bonds is 57. The average molecular weight is 996 g/mol. The minimum Gasteiger partial charge on any atom is -0.462 e. The van der Waals surface area contributed by atoms with Gasteiger partial charge in [-0.05, 0) is 96.3 Å². The highest BCUT2D eigenvalue weighted by Gasteiger charge is 2.19. The predicted octanol–water partition coefficient (Wildman–Crippen LogP) is 21.0. The monoisotopic (exact) mass is 995 g/mol. The summed E-state index contributed by atoms with van der Waals surface area (Å²) in [6, 6.07) is 0. The Kier molecular flexibility index (Phi) is 57.7. The lowest BCUT2D eigenvalue weighted by Crippen LogP contribution is -2.30. The molecule has 71 heavy (non-hydrogen) atoms. The van der Waals surface area contributed by atoms with Crippen molar-refractivity contribution in [2.45, 2.75) is 335 Å². The molecule has 0 N–H and O–H groups in total. The first-order chi connectivity index (χ1) is 35.0. The van der Waals surface area contributed by atoms with E-state index in [2.05, 4.69) is 69.4 Å². The van der Waals surface area contributed by atoms with Crippen LogP contribution < -0.4 is 0 Å². The summed E-state index contributed by atoms with van der Waals surface area (Å²) in [5, 5.41) is 0. The van der Waals surface area contributed by atoms with E-state index < -0.39 is 6.10 Å². The second-order valence-corrected chi connectivity index (χ2v) is 21.0. The molecule has 0 amide bonds. The van der Waals surface area contributed by atoms with Crippen LogP contribution in [0.15, 0.2) is 48.6 Å². The number of hydrogen-bond donors (Lipinski definition) is 0. The lowest BCUT2D eigenvalue weighted by atomic mass is 10.1. The summed E-state index contributed by atoms with van der Waals surface area (Å²) in [5.74, 6) is -0.877. The van der Waals surface area contributed by atoms with Crippen molar-refractivity contribution in [2.24, 2.45) is 0 Å². The Labute approximate surface area is 441 Å². The van der Waals surface area contributed by atoms with E-state index >= 15 is 0 Å². The molecule has 0 aliphatic carbocycles. The molecule has 6 heteroatoms. The van der Waals surface area contributed by atoms with Crippen LogP contribution in [0.1, 0.15) is 329 Å². The minimum atomic E-state index is -0.779. The third kappa shape index (κ3) is 58.1. The number of carbonyl (C=O) groups is 3.